The summed E-state index contributed by atoms with van der Waals surface area (Å²) in [5.41, 5.74) is 1.27. The smallest absolute Gasteiger partial charge is 0.167 e. The van der Waals surface area contributed by atoms with Gasteiger partial charge in [-0.05, 0) is 22.9 Å². The topological polar surface area (TPSA) is 43.6 Å². The minimum atomic E-state index is 0.358. The predicted molar refractivity (Wildman–Crippen MR) is 73.2 cm³/mol. The van der Waals surface area contributed by atoms with E-state index in [0.29, 0.717) is 5.92 Å². The van der Waals surface area contributed by atoms with E-state index in [9.17, 15) is 0 Å². The van der Waals surface area contributed by atoms with Crippen LogP contribution in [0.2, 0.25) is 0 Å². The van der Waals surface area contributed by atoms with E-state index in [4.69, 9.17) is 0 Å². The molecule has 0 N–H and O–H groups in total. The van der Waals surface area contributed by atoms with Gasteiger partial charge in [-0.15, -0.1) is 10.2 Å². The van der Waals surface area contributed by atoms with E-state index in [-0.39, 0.29) is 0 Å². The molecule has 1 unspecified atom stereocenters. The zero-order valence-corrected chi connectivity index (χ0v) is 12.5. The van der Waals surface area contributed by atoms with Crippen LogP contribution >= 0.6 is 31.9 Å². The van der Waals surface area contributed by atoms with Crippen molar-refractivity contribution in [1.29, 1.82) is 0 Å². The van der Waals surface area contributed by atoms with Gasteiger partial charge in [0, 0.05) is 22.1 Å². The molecule has 0 amide bonds. The molecule has 2 aromatic rings. The number of hydrogen-bond donors (Lipinski definition) is 0. The molecule has 0 fully saturated rings. The predicted octanol–water partition coefficient (Wildman–Crippen LogP) is 2.69. The second kappa shape index (κ2) is 5.73. The quantitative estimate of drug-likeness (QED) is 0.788. The summed E-state index contributed by atoms with van der Waals surface area (Å²) in [6.45, 7) is 0. The average Bonchev–Trinajstić information content (AvgIpc) is 2.72. The third-order valence-corrected chi connectivity index (χ3v) is 3.76. The Morgan fingerprint density at radius 1 is 1.41 bits per heavy atom. The van der Waals surface area contributed by atoms with Crippen LogP contribution < -0.4 is 0 Å². The normalized spacial score (nSPS) is 12.6. The summed E-state index contributed by atoms with van der Waals surface area (Å²) in [5.74, 6) is 1.13. The van der Waals surface area contributed by atoms with Crippen molar-refractivity contribution in [3.05, 3.63) is 40.1 Å². The summed E-state index contributed by atoms with van der Waals surface area (Å²) in [4.78, 5) is 1.49. The van der Waals surface area contributed by atoms with Crippen LogP contribution in [0.3, 0.4) is 0 Å². The van der Waals surface area contributed by atoms with Crippen molar-refractivity contribution in [2.45, 2.75) is 12.3 Å². The fourth-order valence-corrected chi connectivity index (χ4v) is 2.67. The summed E-state index contributed by atoms with van der Waals surface area (Å²) in [6.07, 6.45) is 0.787. The lowest BCUT2D eigenvalue weighted by Crippen LogP contribution is -2.06. The first-order valence-electron chi connectivity index (χ1n) is 5.23. The van der Waals surface area contributed by atoms with Crippen LogP contribution in [0.4, 0.5) is 0 Å². The van der Waals surface area contributed by atoms with E-state index < -0.39 is 0 Å². The van der Waals surface area contributed by atoms with Crippen LogP contribution in [0, 0.1) is 0 Å². The summed E-state index contributed by atoms with van der Waals surface area (Å²) < 4.78 is 1.09. The maximum atomic E-state index is 4.21. The number of tetrazole rings is 1. The van der Waals surface area contributed by atoms with Gasteiger partial charge >= 0.3 is 0 Å². The molecule has 0 bridgehead atoms. The van der Waals surface area contributed by atoms with Crippen LogP contribution in [-0.4, -0.2) is 25.5 Å². The Morgan fingerprint density at radius 3 is 2.82 bits per heavy atom. The van der Waals surface area contributed by atoms with Crippen LogP contribution in [0.5, 0.6) is 0 Å². The number of nitrogens with zero attached hydrogens (tertiary/aromatic N) is 4. The lowest BCUT2D eigenvalue weighted by Gasteiger charge is -2.12. The fraction of sp³-hybridized carbons (Fsp3) is 0.364. The van der Waals surface area contributed by atoms with Gasteiger partial charge in [-0.25, -0.2) is 0 Å². The van der Waals surface area contributed by atoms with Gasteiger partial charge in [-0.2, -0.15) is 4.80 Å². The van der Waals surface area contributed by atoms with Crippen molar-refractivity contribution in [2.24, 2.45) is 7.05 Å². The Hall–Kier alpha value is -0.750. The largest absolute Gasteiger partial charge is 0.175 e. The summed E-state index contributed by atoms with van der Waals surface area (Å²) in [7, 11) is 1.78. The minimum Gasteiger partial charge on any atom is -0.167 e. The lowest BCUT2D eigenvalue weighted by atomic mass is 9.98. The second-order valence-electron chi connectivity index (χ2n) is 3.81. The molecular formula is C11H12Br2N4. The molecule has 0 aliphatic carbocycles. The van der Waals surface area contributed by atoms with Gasteiger partial charge in [-0.3, -0.25) is 0 Å². The van der Waals surface area contributed by atoms with E-state index in [2.05, 4.69) is 59.4 Å². The van der Waals surface area contributed by atoms with E-state index in [1.54, 1.807) is 7.05 Å². The summed E-state index contributed by atoms with van der Waals surface area (Å²) in [6, 6.07) is 8.31. The van der Waals surface area contributed by atoms with E-state index in [1.807, 2.05) is 12.1 Å². The zero-order chi connectivity index (χ0) is 12.3. The maximum Gasteiger partial charge on any atom is 0.175 e. The van der Waals surface area contributed by atoms with E-state index in [0.717, 1.165) is 22.0 Å². The molecule has 2 rings (SSSR count). The maximum absolute atomic E-state index is 4.21. The summed E-state index contributed by atoms with van der Waals surface area (Å²) >= 11 is 7.03. The average molecular weight is 360 g/mol. The van der Waals surface area contributed by atoms with Gasteiger partial charge in [0.1, 0.15) is 0 Å². The highest BCUT2D eigenvalue weighted by molar-refractivity contribution is 9.10. The lowest BCUT2D eigenvalue weighted by molar-refractivity contribution is 0.625. The molecule has 0 radical (unpaired) electrons. The van der Waals surface area contributed by atoms with Crippen molar-refractivity contribution < 1.29 is 0 Å². The number of rotatable bonds is 4. The highest BCUT2D eigenvalue weighted by Crippen LogP contribution is 2.24. The first-order valence-corrected chi connectivity index (χ1v) is 7.15. The van der Waals surface area contributed by atoms with Crippen molar-refractivity contribution in [1.82, 2.24) is 20.2 Å². The van der Waals surface area contributed by atoms with E-state index >= 15 is 0 Å². The molecule has 4 nitrogen and oxygen atoms in total. The SMILES string of the molecule is Cn1nnc(CC(CBr)c2cccc(Br)c2)n1. The van der Waals surface area contributed by atoms with Gasteiger partial charge in [0.15, 0.2) is 5.82 Å². The fourth-order valence-electron chi connectivity index (χ4n) is 1.65. The number of halogens is 2. The molecule has 0 spiro atoms. The summed E-state index contributed by atoms with van der Waals surface area (Å²) in [5, 5.41) is 13.0. The molecule has 1 aromatic heterocycles. The number of hydrogen-bond acceptors (Lipinski definition) is 3. The standard InChI is InChI=1S/C11H12Br2N4/c1-17-15-11(14-16-17)6-9(7-12)8-3-2-4-10(13)5-8/h2-5,9H,6-7H2,1H3. The van der Waals surface area contributed by atoms with Crippen molar-refractivity contribution in [3.63, 3.8) is 0 Å². The Kier molecular flexibility index (Phi) is 4.28. The van der Waals surface area contributed by atoms with Gasteiger partial charge in [0.25, 0.3) is 0 Å². The van der Waals surface area contributed by atoms with Gasteiger partial charge in [-0.1, -0.05) is 44.0 Å². The Balaban J connectivity index is 2.16. The zero-order valence-electron chi connectivity index (χ0n) is 9.35. The van der Waals surface area contributed by atoms with Gasteiger partial charge in [0.05, 0.1) is 7.05 Å². The van der Waals surface area contributed by atoms with Crippen LogP contribution in [0.15, 0.2) is 28.7 Å². The van der Waals surface area contributed by atoms with Crippen molar-refractivity contribution in [3.8, 4) is 0 Å². The Morgan fingerprint density at radius 2 is 2.24 bits per heavy atom. The molecule has 1 heterocycles. The number of aromatic nitrogens is 4. The molecule has 0 aliphatic heterocycles. The highest BCUT2D eigenvalue weighted by atomic mass is 79.9. The molecule has 0 saturated carbocycles. The Labute approximate surface area is 117 Å². The van der Waals surface area contributed by atoms with Gasteiger partial charge < -0.3 is 0 Å². The van der Waals surface area contributed by atoms with Crippen molar-refractivity contribution in [2.75, 3.05) is 5.33 Å². The molecule has 0 aliphatic rings. The first kappa shape index (κ1) is 12.7. The van der Waals surface area contributed by atoms with Crippen LogP contribution in [0.1, 0.15) is 17.3 Å². The Bertz CT molecular complexity index is 498. The van der Waals surface area contributed by atoms with Crippen LogP contribution in [0.25, 0.3) is 0 Å². The molecule has 6 heteroatoms. The van der Waals surface area contributed by atoms with Crippen LogP contribution in [-0.2, 0) is 13.5 Å². The minimum absolute atomic E-state index is 0.358. The highest BCUT2D eigenvalue weighted by Gasteiger charge is 2.14. The molecule has 90 valence electrons. The number of aryl methyl sites for hydroxylation is 1. The molecular weight excluding hydrogens is 348 g/mol. The van der Waals surface area contributed by atoms with Crippen molar-refractivity contribution >= 4 is 31.9 Å². The molecule has 1 aromatic carbocycles. The monoisotopic (exact) mass is 358 g/mol. The number of alkyl halides is 1. The molecule has 0 saturated heterocycles. The number of benzene rings is 1. The third kappa shape index (κ3) is 3.35. The molecule has 1 atom stereocenters. The van der Waals surface area contributed by atoms with Gasteiger partial charge in [0.2, 0.25) is 0 Å². The third-order valence-electron chi connectivity index (χ3n) is 2.49. The molecule has 17 heavy (non-hydrogen) atoms. The van der Waals surface area contributed by atoms with E-state index in [1.165, 1.54) is 10.4 Å². The first-order chi connectivity index (χ1) is 8.19. The second-order valence-corrected chi connectivity index (χ2v) is 5.37.